The standard InChI is InChI=1S/C27H29FN4O3/c1-4-30(5-2)15-16-31-24(19-11-13-20(28)14-12-19)23(26(34)27(31)35)25(33)22-17-29-32(18(22)3)21-9-7-6-8-10-21/h6-14,17,24,33H,4-5,15-16H2,1-3H3/b25-23+. The minimum Gasteiger partial charge on any atom is -0.507 e. The molecule has 0 saturated carbocycles. The van der Waals surface area contributed by atoms with Gasteiger partial charge in [-0.25, -0.2) is 9.07 Å². The van der Waals surface area contributed by atoms with Gasteiger partial charge in [0.2, 0.25) is 0 Å². The van der Waals surface area contributed by atoms with E-state index in [9.17, 15) is 19.1 Å². The van der Waals surface area contributed by atoms with Crippen LogP contribution in [0.1, 0.15) is 36.7 Å². The average Bonchev–Trinajstić information content (AvgIpc) is 3.38. The lowest BCUT2D eigenvalue weighted by Crippen LogP contribution is -2.38. The number of nitrogens with zero attached hydrogens (tertiary/aromatic N) is 4. The predicted octanol–water partition coefficient (Wildman–Crippen LogP) is 4.08. The van der Waals surface area contributed by atoms with Crippen LogP contribution in [0.5, 0.6) is 0 Å². The third-order valence-electron chi connectivity index (χ3n) is 6.54. The van der Waals surface area contributed by atoms with Crippen LogP contribution in [-0.2, 0) is 9.59 Å². The Morgan fingerprint density at radius 1 is 1.06 bits per heavy atom. The molecule has 1 atom stereocenters. The predicted molar refractivity (Wildman–Crippen MR) is 131 cm³/mol. The largest absolute Gasteiger partial charge is 0.507 e. The lowest BCUT2D eigenvalue weighted by Gasteiger charge is -2.28. The minimum absolute atomic E-state index is 0.0168. The van der Waals surface area contributed by atoms with Crippen LogP contribution in [0.4, 0.5) is 4.39 Å². The number of rotatable bonds is 8. The number of carbonyl (C=O) groups excluding carboxylic acids is 2. The first-order chi connectivity index (χ1) is 16.9. The number of Topliss-reactive ketones (excluding diaryl/α,β-unsaturated/α-hetero) is 1. The average molecular weight is 477 g/mol. The monoisotopic (exact) mass is 476 g/mol. The fourth-order valence-corrected chi connectivity index (χ4v) is 4.51. The third kappa shape index (κ3) is 4.61. The van der Waals surface area contributed by atoms with Gasteiger partial charge in [0.15, 0.2) is 0 Å². The molecule has 3 aromatic rings. The van der Waals surface area contributed by atoms with Gasteiger partial charge in [0, 0.05) is 13.1 Å². The summed E-state index contributed by atoms with van der Waals surface area (Å²) in [6, 6.07) is 14.3. The molecule has 1 saturated heterocycles. The highest BCUT2D eigenvalue weighted by Crippen LogP contribution is 2.39. The van der Waals surface area contributed by atoms with Crippen molar-refractivity contribution in [2.45, 2.75) is 26.8 Å². The molecule has 4 rings (SSSR count). The zero-order valence-electron chi connectivity index (χ0n) is 20.1. The quantitative estimate of drug-likeness (QED) is 0.301. The molecule has 1 N–H and O–H groups in total. The second kappa shape index (κ2) is 10.2. The summed E-state index contributed by atoms with van der Waals surface area (Å²) >= 11 is 0. The third-order valence-corrected chi connectivity index (χ3v) is 6.54. The number of halogens is 1. The lowest BCUT2D eigenvalue weighted by atomic mass is 9.95. The number of para-hydroxylation sites is 1. The number of amides is 1. The van der Waals surface area contributed by atoms with Crippen LogP contribution >= 0.6 is 0 Å². The summed E-state index contributed by atoms with van der Waals surface area (Å²) < 4.78 is 15.3. The van der Waals surface area contributed by atoms with Gasteiger partial charge < -0.3 is 14.9 Å². The Bertz CT molecular complexity index is 1250. The summed E-state index contributed by atoms with van der Waals surface area (Å²) in [4.78, 5) is 30.0. The zero-order chi connectivity index (χ0) is 25.1. The molecule has 182 valence electrons. The van der Waals surface area contributed by atoms with Crippen LogP contribution in [-0.4, -0.2) is 62.6 Å². The maximum Gasteiger partial charge on any atom is 0.295 e. The molecule has 0 radical (unpaired) electrons. The Hall–Kier alpha value is -3.78. The van der Waals surface area contributed by atoms with E-state index in [1.165, 1.54) is 23.2 Å². The van der Waals surface area contributed by atoms with Gasteiger partial charge in [-0.2, -0.15) is 5.10 Å². The van der Waals surface area contributed by atoms with Crippen molar-refractivity contribution in [2.24, 2.45) is 0 Å². The number of likely N-dealkylation sites (tertiary alicyclic amines) is 1. The molecular formula is C27H29FN4O3. The van der Waals surface area contributed by atoms with E-state index in [2.05, 4.69) is 10.00 Å². The Kier molecular flexibility index (Phi) is 7.12. The van der Waals surface area contributed by atoms with Gasteiger partial charge in [-0.3, -0.25) is 9.59 Å². The lowest BCUT2D eigenvalue weighted by molar-refractivity contribution is -0.140. The van der Waals surface area contributed by atoms with Crippen molar-refractivity contribution in [1.29, 1.82) is 0 Å². The molecule has 1 aliphatic heterocycles. The molecule has 1 fully saturated rings. The van der Waals surface area contributed by atoms with Crippen LogP contribution in [0.2, 0.25) is 0 Å². The first-order valence-electron chi connectivity index (χ1n) is 11.7. The van der Waals surface area contributed by atoms with Gasteiger partial charge in [0.25, 0.3) is 11.7 Å². The summed E-state index contributed by atoms with van der Waals surface area (Å²) in [5.41, 5.74) is 2.33. The summed E-state index contributed by atoms with van der Waals surface area (Å²) in [5, 5.41) is 15.8. The van der Waals surface area contributed by atoms with Crippen molar-refractivity contribution < 1.29 is 19.1 Å². The molecule has 7 nitrogen and oxygen atoms in total. The molecule has 0 aliphatic carbocycles. The maximum atomic E-state index is 13.7. The molecule has 1 aliphatic rings. The smallest absolute Gasteiger partial charge is 0.295 e. The van der Waals surface area contributed by atoms with Gasteiger partial charge in [0.05, 0.1) is 34.8 Å². The Morgan fingerprint density at radius 2 is 1.71 bits per heavy atom. The highest BCUT2D eigenvalue weighted by molar-refractivity contribution is 6.46. The van der Waals surface area contributed by atoms with Crippen molar-refractivity contribution in [3.8, 4) is 5.69 Å². The summed E-state index contributed by atoms with van der Waals surface area (Å²) in [6.07, 6.45) is 1.49. The van der Waals surface area contributed by atoms with E-state index in [0.717, 1.165) is 18.8 Å². The van der Waals surface area contributed by atoms with E-state index in [4.69, 9.17) is 0 Å². The Morgan fingerprint density at radius 3 is 2.34 bits per heavy atom. The minimum atomic E-state index is -0.828. The summed E-state index contributed by atoms with van der Waals surface area (Å²) in [6.45, 7) is 8.33. The van der Waals surface area contributed by atoms with Crippen LogP contribution in [0.15, 0.2) is 66.4 Å². The van der Waals surface area contributed by atoms with E-state index < -0.39 is 23.5 Å². The molecule has 0 spiro atoms. The van der Waals surface area contributed by atoms with Crippen molar-refractivity contribution in [3.05, 3.63) is 89.0 Å². The highest BCUT2D eigenvalue weighted by Gasteiger charge is 2.46. The summed E-state index contributed by atoms with van der Waals surface area (Å²) in [5.74, 6) is -2.15. The van der Waals surface area contributed by atoms with Crippen LogP contribution in [0, 0.1) is 12.7 Å². The van der Waals surface area contributed by atoms with Crippen molar-refractivity contribution in [1.82, 2.24) is 19.6 Å². The number of aromatic nitrogens is 2. The first-order valence-corrected chi connectivity index (χ1v) is 11.7. The second-order valence-electron chi connectivity index (χ2n) is 8.46. The fourth-order valence-electron chi connectivity index (χ4n) is 4.51. The number of ketones is 1. The number of hydrogen-bond acceptors (Lipinski definition) is 5. The highest BCUT2D eigenvalue weighted by atomic mass is 19.1. The van der Waals surface area contributed by atoms with Gasteiger partial charge in [0.1, 0.15) is 11.6 Å². The normalized spacial score (nSPS) is 17.5. The van der Waals surface area contributed by atoms with E-state index in [1.54, 1.807) is 23.7 Å². The van der Waals surface area contributed by atoms with Gasteiger partial charge in [-0.05, 0) is 49.8 Å². The number of benzene rings is 2. The second-order valence-corrected chi connectivity index (χ2v) is 8.46. The Labute approximate surface area is 204 Å². The SMILES string of the molecule is CCN(CC)CCN1C(=O)C(=O)/C(=C(/O)c2cnn(-c3ccccc3)c2C)C1c1ccc(F)cc1. The number of carbonyl (C=O) groups is 2. The van der Waals surface area contributed by atoms with Crippen molar-refractivity contribution in [2.75, 3.05) is 26.2 Å². The van der Waals surface area contributed by atoms with E-state index >= 15 is 0 Å². The number of likely N-dealkylation sites (N-methyl/N-ethyl adjacent to an activating group) is 1. The molecule has 1 aromatic heterocycles. The Balaban J connectivity index is 1.81. The molecule has 1 amide bonds. The number of hydrogen-bond donors (Lipinski definition) is 1. The van der Waals surface area contributed by atoms with Gasteiger partial charge >= 0.3 is 0 Å². The van der Waals surface area contributed by atoms with E-state index in [-0.39, 0.29) is 11.3 Å². The molecule has 35 heavy (non-hydrogen) atoms. The van der Waals surface area contributed by atoms with E-state index in [0.29, 0.717) is 29.9 Å². The van der Waals surface area contributed by atoms with Gasteiger partial charge in [-0.15, -0.1) is 0 Å². The molecular weight excluding hydrogens is 447 g/mol. The molecule has 2 heterocycles. The van der Waals surface area contributed by atoms with Crippen molar-refractivity contribution in [3.63, 3.8) is 0 Å². The molecule has 1 unspecified atom stereocenters. The fraction of sp³-hybridized carbons (Fsp3) is 0.296. The molecule has 8 heteroatoms. The van der Waals surface area contributed by atoms with Gasteiger partial charge in [-0.1, -0.05) is 44.2 Å². The maximum absolute atomic E-state index is 13.7. The summed E-state index contributed by atoms with van der Waals surface area (Å²) in [7, 11) is 0. The van der Waals surface area contributed by atoms with Crippen LogP contribution in [0.25, 0.3) is 11.4 Å². The molecule has 2 aromatic carbocycles. The number of aliphatic hydroxyl groups excluding tert-OH is 1. The van der Waals surface area contributed by atoms with E-state index in [1.807, 2.05) is 44.2 Å². The first kappa shape index (κ1) is 24.3. The zero-order valence-corrected chi connectivity index (χ0v) is 20.1. The van der Waals surface area contributed by atoms with Crippen LogP contribution in [0.3, 0.4) is 0 Å². The number of aliphatic hydroxyl groups is 1. The topological polar surface area (TPSA) is 78.7 Å². The van der Waals surface area contributed by atoms with Crippen LogP contribution < -0.4 is 0 Å². The van der Waals surface area contributed by atoms with Crippen molar-refractivity contribution >= 4 is 17.4 Å². The molecule has 0 bridgehead atoms.